The van der Waals surface area contributed by atoms with E-state index in [1.165, 1.54) is 0 Å². The predicted octanol–water partition coefficient (Wildman–Crippen LogP) is 1.29. The van der Waals surface area contributed by atoms with Crippen LogP contribution in [0.2, 0.25) is 0 Å². The average molecular weight is 381 g/mol. The van der Waals surface area contributed by atoms with Gasteiger partial charge in [-0.2, -0.15) is 0 Å². The van der Waals surface area contributed by atoms with Crippen LogP contribution in [-0.4, -0.2) is 72.0 Å². The van der Waals surface area contributed by atoms with Crippen LogP contribution in [-0.2, 0) is 9.59 Å². The van der Waals surface area contributed by atoms with Crippen LogP contribution in [0.25, 0.3) is 0 Å². The van der Waals surface area contributed by atoms with Crippen molar-refractivity contribution in [2.75, 3.05) is 39.3 Å². The van der Waals surface area contributed by atoms with Crippen LogP contribution < -0.4 is 5.32 Å². The van der Waals surface area contributed by atoms with E-state index in [0.29, 0.717) is 32.1 Å². The van der Waals surface area contributed by atoms with Crippen molar-refractivity contribution in [2.24, 2.45) is 5.41 Å². The first-order valence-electron chi connectivity index (χ1n) is 8.72. The van der Waals surface area contributed by atoms with Crippen LogP contribution in [0.1, 0.15) is 39.5 Å². The number of piperidine rings is 2. The number of rotatable bonds is 3. The zero-order chi connectivity index (χ0) is 15.7. The molecule has 1 N–H and O–H groups in total. The van der Waals surface area contributed by atoms with Crippen LogP contribution in [0.5, 0.6) is 0 Å². The van der Waals surface area contributed by atoms with Gasteiger partial charge >= 0.3 is 0 Å². The van der Waals surface area contributed by atoms with Gasteiger partial charge < -0.3 is 5.32 Å². The summed E-state index contributed by atoms with van der Waals surface area (Å²) in [6, 6.07) is 0.518. The summed E-state index contributed by atoms with van der Waals surface area (Å²) in [5.74, 6) is 0.0565. The first-order valence-corrected chi connectivity index (χ1v) is 8.72. The van der Waals surface area contributed by atoms with Crippen molar-refractivity contribution >= 4 is 36.6 Å². The molecule has 0 aliphatic carbocycles. The van der Waals surface area contributed by atoms with Crippen molar-refractivity contribution in [3.8, 4) is 0 Å². The van der Waals surface area contributed by atoms with Crippen molar-refractivity contribution in [1.82, 2.24) is 20.2 Å². The van der Waals surface area contributed by atoms with Gasteiger partial charge in [-0.05, 0) is 59.2 Å². The molecule has 3 aliphatic rings. The Balaban J connectivity index is 0.00000144. The maximum atomic E-state index is 12.9. The number of likely N-dealkylation sites (tertiary alicyclic amines) is 1. The van der Waals surface area contributed by atoms with E-state index in [9.17, 15) is 9.59 Å². The van der Waals surface area contributed by atoms with Gasteiger partial charge in [0.15, 0.2) is 0 Å². The minimum absolute atomic E-state index is 0. The highest BCUT2D eigenvalue weighted by Gasteiger charge is 2.59. The fraction of sp³-hybridized carbons (Fsp3) is 0.875. The van der Waals surface area contributed by atoms with Crippen molar-refractivity contribution in [3.63, 3.8) is 0 Å². The minimum atomic E-state index is -0.810. The summed E-state index contributed by atoms with van der Waals surface area (Å²) >= 11 is 0. The van der Waals surface area contributed by atoms with E-state index >= 15 is 0 Å². The van der Waals surface area contributed by atoms with E-state index in [2.05, 4.69) is 10.2 Å². The summed E-state index contributed by atoms with van der Waals surface area (Å²) < 4.78 is 0. The third-order valence-electron chi connectivity index (χ3n) is 5.53. The quantitative estimate of drug-likeness (QED) is 0.749. The van der Waals surface area contributed by atoms with Crippen LogP contribution in [0, 0.1) is 5.41 Å². The molecule has 6 nitrogen and oxygen atoms in total. The lowest BCUT2D eigenvalue weighted by Crippen LogP contribution is -2.55. The summed E-state index contributed by atoms with van der Waals surface area (Å²) in [6.07, 6.45) is 3.89. The molecule has 3 saturated heterocycles. The zero-order valence-corrected chi connectivity index (χ0v) is 16.3. The molecule has 3 rings (SSSR count). The Morgan fingerprint density at radius 3 is 2.08 bits per heavy atom. The summed E-state index contributed by atoms with van der Waals surface area (Å²) in [5, 5.41) is 6.71. The molecule has 3 heterocycles. The second-order valence-electron chi connectivity index (χ2n) is 6.68. The van der Waals surface area contributed by atoms with E-state index in [0.717, 1.165) is 38.9 Å². The van der Waals surface area contributed by atoms with Gasteiger partial charge in [0.05, 0.1) is 0 Å². The second-order valence-corrected chi connectivity index (χ2v) is 6.68. The number of hydrogen-bond acceptors (Lipinski definition) is 4. The van der Waals surface area contributed by atoms with Gasteiger partial charge in [-0.1, -0.05) is 0 Å². The molecule has 3 fully saturated rings. The molecule has 0 unspecified atom stereocenters. The highest BCUT2D eigenvalue weighted by Crippen LogP contribution is 2.40. The first-order chi connectivity index (χ1) is 10.6. The highest BCUT2D eigenvalue weighted by atomic mass is 35.5. The average Bonchev–Trinajstić information content (AvgIpc) is 2.77. The molecular formula is C16H30Cl2N4O2. The van der Waals surface area contributed by atoms with Crippen LogP contribution in [0.3, 0.4) is 0 Å². The number of amides is 2. The first kappa shape index (κ1) is 21.5. The number of nitrogens with zero attached hydrogens (tertiary/aromatic N) is 3. The Bertz CT molecular complexity index is 435. The summed E-state index contributed by atoms with van der Waals surface area (Å²) in [4.78, 5) is 28.3. The molecular weight excluding hydrogens is 351 g/mol. The number of nitrogens with one attached hydrogen (secondary N) is 1. The van der Waals surface area contributed by atoms with Crippen LogP contribution in [0.15, 0.2) is 0 Å². The Labute approximate surface area is 157 Å². The van der Waals surface area contributed by atoms with Crippen LogP contribution in [0.4, 0.5) is 0 Å². The molecule has 0 aromatic heterocycles. The topological polar surface area (TPSA) is 55.9 Å². The maximum Gasteiger partial charge on any atom is 0.258 e. The molecule has 1 spiro atoms. The summed E-state index contributed by atoms with van der Waals surface area (Å²) in [5.41, 5.74) is -0.810. The normalized spacial score (nSPS) is 24.9. The molecule has 0 aromatic rings. The standard InChI is InChI=1S/C16H28N4O2.2ClH/c1-3-19-14(21)16(15(22)20(19)4-2)8-5-11-18(12-16)13-6-9-17-10-7-13;;/h13,17H,3-12H2,1-2H3;2*1H. The number of carbonyl (C=O) groups is 2. The Kier molecular flexibility index (Phi) is 7.78. The van der Waals surface area contributed by atoms with Crippen molar-refractivity contribution < 1.29 is 9.59 Å². The Morgan fingerprint density at radius 1 is 1.04 bits per heavy atom. The lowest BCUT2D eigenvalue weighted by molar-refractivity contribution is -0.145. The summed E-state index contributed by atoms with van der Waals surface area (Å²) in [6.45, 7) is 8.76. The number of hydrazine groups is 1. The van der Waals surface area contributed by atoms with E-state index in [1.54, 1.807) is 10.0 Å². The van der Waals surface area contributed by atoms with E-state index in [4.69, 9.17) is 0 Å². The van der Waals surface area contributed by atoms with Gasteiger partial charge in [0, 0.05) is 25.7 Å². The van der Waals surface area contributed by atoms with Gasteiger partial charge in [-0.3, -0.25) is 24.5 Å². The summed E-state index contributed by atoms with van der Waals surface area (Å²) in [7, 11) is 0. The molecule has 0 aromatic carbocycles. The largest absolute Gasteiger partial charge is 0.317 e. The monoisotopic (exact) mass is 380 g/mol. The lowest BCUT2D eigenvalue weighted by Gasteiger charge is -2.42. The van der Waals surface area contributed by atoms with Gasteiger partial charge in [-0.25, -0.2) is 0 Å². The van der Waals surface area contributed by atoms with E-state index in [1.807, 2.05) is 13.8 Å². The number of halogens is 2. The maximum absolute atomic E-state index is 12.9. The smallest absolute Gasteiger partial charge is 0.258 e. The molecule has 0 saturated carbocycles. The van der Waals surface area contributed by atoms with Gasteiger partial charge in [0.25, 0.3) is 11.8 Å². The van der Waals surface area contributed by atoms with Gasteiger partial charge in [-0.15, -0.1) is 24.8 Å². The molecule has 2 amide bonds. The van der Waals surface area contributed by atoms with Crippen LogP contribution >= 0.6 is 24.8 Å². The van der Waals surface area contributed by atoms with Crippen molar-refractivity contribution in [2.45, 2.75) is 45.6 Å². The molecule has 140 valence electrons. The molecule has 24 heavy (non-hydrogen) atoms. The lowest BCUT2D eigenvalue weighted by atomic mass is 9.78. The number of hydrogen-bond donors (Lipinski definition) is 1. The fourth-order valence-electron chi connectivity index (χ4n) is 4.35. The Morgan fingerprint density at radius 2 is 1.58 bits per heavy atom. The molecule has 0 atom stereocenters. The third kappa shape index (κ3) is 3.39. The second kappa shape index (κ2) is 8.70. The van der Waals surface area contributed by atoms with E-state index < -0.39 is 5.41 Å². The highest BCUT2D eigenvalue weighted by molar-refractivity contribution is 6.10. The third-order valence-corrected chi connectivity index (χ3v) is 5.53. The molecule has 0 bridgehead atoms. The molecule has 0 radical (unpaired) electrons. The van der Waals surface area contributed by atoms with Gasteiger partial charge in [0.1, 0.15) is 5.41 Å². The van der Waals surface area contributed by atoms with E-state index in [-0.39, 0.29) is 36.6 Å². The SMILES string of the molecule is CCN1C(=O)C2(CCCN(C3CCNCC3)C2)C(=O)N1CC.Cl.Cl. The predicted molar refractivity (Wildman–Crippen MR) is 98.4 cm³/mol. The molecule has 3 aliphatic heterocycles. The zero-order valence-electron chi connectivity index (χ0n) is 14.6. The van der Waals surface area contributed by atoms with Gasteiger partial charge in [0.2, 0.25) is 0 Å². The fourth-order valence-corrected chi connectivity index (χ4v) is 4.35. The number of carbonyl (C=O) groups excluding carboxylic acids is 2. The van der Waals surface area contributed by atoms with Crippen molar-refractivity contribution in [1.29, 1.82) is 0 Å². The van der Waals surface area contributed by atoms with Crippen molar-refractivity contribution in [3.05, 3.63) is 0 Å². The Hall–Kier alpha value is -0.560. The molecule has 8 heteroatoms. The minimum Gasteiger partial charge on any atom is -0.317 e.